The molecule has 0 radical (unpaired) electrons. The van der Waals surface area contributed by atoms with Crippen LogP contribution in [0.3, 0.4) is 0 Å². The predicted octanol–water partition coefficient (Wildman–Crippen LogP) is 0.842. The number of thiazole rings is 1. The van der Waals surface area contributed by atoms with Crippen LogP contribution in [0.2, 0.25) is 0 Å². The first-order valence-electron chi connectivity index (χ1n) is 5.69. The van der Waals surface area contributed by atoms with Crippen molar-refractivity contribution < 1.29 is 9.53 Å². The van der Waals surface area contributed by atoms with Gasteiger partial charge in [-0.1, -0.05) is 12.2 Å². The summed E-state index contributed by atoms with van der Waals surface area (Å²) in [6.07, 6.45) is 2.81. The molecule has 1 fully saturated rings. The molecule has 5 nitrogen and oxygen atoms in total. The highest BCUT2D eigenvalue weighted by Crippen LogP contribution is 2.31. The Morgan fingerprint density at radius 3 is 2.89 bits per heavy atom. The molecule has 7 heteroatoms. The van der Waals surface area contributed by atoms with Crippen LogP contribution in [-0.4, -0.2) is 29.1 Å². The van der Waals surface area contributed by atoms with Crippen molar-refractivity contribution in [1.82, 2.24) is 10.3 Å². The molecule has 1 saturated heterocycles. The quantitative estimate of drug-likeness (QED) is 0.802. The molecule has 1 aromatic rings. The van der Waals surface area contributed by atoms with Gasteiger partial charge in [0.1, 0.15) is 10.4 Å². The molecule has 2 rings (SSSR count). The number of carbonyl (C=O) groups is 1. The van der Waals surface area contributed by atoms with Gasteiger partial charge in [0.05, 0.1) is 11.5 Å². The van der Waals surface area contributed by atoms with Crippen molar-refractivity contribution in [2.45, 2.75) is 19.4 Å². The predicted molar refractivity (Wildman–Crippen MR) is 73.2 cm³/mol. The Labute approximate surface area is 115 Å². The molecule has 1 aromatic heterocycles. The van der Waals surface area contributed by atoms with E-state index in [1.54, 1.807) is 6.20 Å². The van der Waals surface area contributed by atoms with Gasteiger partial charge in [-0.2, -0.15) is 0 Å². The molecule has 0 atom stereocenters. The normalized spacial score (nSPS) is 18.2. The van der Waals surface area contributed by atoms with E-state index >= 15 is 0 Å². The van der Waals surface area contributed by atoms with Crippen molar-refractivity contribution in [3.63, 3.8) is 0 Å². The Morgan fingerprint density at radius 2 is 2.33 bits per heavy atom. The standard InChI is InChI=1S/C11H15N3O2S2/c12-9(17)11(1-4-16-5-2-11)10(15)14-7-8-13-3-6-18-8/h3,6H,1-2,4-5,7H2,(H2,12,17)(H,14,15). The van der Waals surface area contributed by atoms with Crippen LogP contribution < -0.4 is 11.1 Å². The fourth-order valence-corrected chi connectivity index (χ4v) is 2.82. The molecular formula is C11H15N3O2S2. The van der Waals surface area contributed by atoms with Gasteiger partial charge in [0.15, 0.2) is 0 Å². The van der Waals surface area contributed by atoms with E-state index in [1.807, 2.05) is 5.38 Å². The minimum Gasteiger partial charge on any atom is -0.392 e. The van der Waals surface area contributed by atoms with Gasteiger partial charge in [0.25, 0.3) is 0 Å². The summed E-state index contributed by atoms with van der Waals surface area (Å²) < 4.78 is 5.27. The van der Waals surface area contributed by atoms with Crippen LogP contribution in [-0.2, 0) is 16.1 Å². The van der Waals surface area contributed by atoms with Crippen LogP contribution in [0, 0.1) is 5.41 Å². The highest BCUT2D eigenvalue weighted by atomic mass is 32.1. The van der Waals surface area contributed by atoms with E-state index in [4.69, 9.17) is 22.7 Å². The lowest BCUT2D eigenvalue weighted by Crippen LogP contribution is -2.51. The van der Waals surface area contributed by atoms with Crippen molar-refractivity contribution in [3.05, 3.63) is 16.6 Å². The summed E-state index contributed by atoms with van der Waals surface area (Å²) in [4.78, 5) is 16.7. The van der Waals surface area contributed by atoms with Crippen molar-refractivity contribution in [2.75, 3.05) is 13.2 Å². The number of ether oxygens (including phenoxy) is 1. The second kappa shape index (κ2) is 5.73. The molecule has 3 N–H and O–H groups in total. The number of rotatable bonds is 4. The van der Waals surface area contributed by atoms with Gasteiger partial charge in [-0.25, -0.2) is 4.98 Å². The van der Waals surface area contributed by atoms with Crippen LogP contribution in [0.25, 0.3) is 0 Å². The number of hydrogen-bond donors (Lipinski definition) is 2. The van der Waals surface area contributed by atoms with E-state index in [9.17, 15) is 4.79 Å². The maximum Gasteiger partial charge on any atom is 0.233 e. The van der Waals surface area contributed by atoms with Gasteiger partial charge in [-0.15, -0.1) is 11.3 Å². The smallest absolute Gasteiger partial charge is 0.233 e. The second-order valence-corrected chi connectivity index (χ2v) is 5.59. The SMILES string of the molecule is NC(=S)C1(C(=O)NCc2nccs2)CCOCC1. The Bertz CT molecular complexity index is 428. The molecule has 0 saturated carbocycles. The summed E-state index contributed by atoms with van der Waals surface area (Å²) in [5, 5.41) is 5.61. The zero-order valence-corrected chi connectivity index (χ0v) is 11.5. The monoisotopic (exact) mass is 285 g/mol. The molecule has 18 heavy (non-hydrogen) atoms. The highest BCUT2D eigenvalue weighted by Gasteiger charge is 2.42. The third kappa shape index (κ3) is 2.68. The minimum absolute atomic E-state index is 0.117. The van der Waals surface area contributed by atoms with Gasteiger partial charge in [0, 0.05) is 24.8 Å². The summed E-state index contributed by atoms with van der Waals surface area (Å²) in [5.74, 6) is -0.117. The van der Waals surface area contributed by atoms with Gasteiger partial charge in [0.2, 0.25) is 5.91 Å². The Hall–Kier alpha value is -1.05. The van der Waals surface area contributed by atoms with Gasteiger partial charge < -0.3 is 15.8 Å². The lowest BCUT2D eigenvalue weighted by Gasteiger charge is -2.34. The summed E-state index contributed by atoms with van der Waals surface area (Å²) >= 11 is 6.57. The molecular weight excluding hydrogens is 270 g/mol. The molecule has 0 bridgehead atoms. The fourth-order valence-electron chi connectivity index (χ4n) is 1.97. The summed E-state index contributed by atoms with van der Waals surface area (Å²) in [6.45, 7) is 1.45. The van der Waals surface area contributed by atoms with Crippen molar-refractivity contribution in [1.29, 1.82) is 0 Å². The number of amides is 1. The summed E-state index contributed by atoms with van der Waals surface area (Å²) in [5.41, 5.74) is 4.99. The minimum atomic E-state index is -0.759. The first-order chi connectivity index (χ1) is 8.65. The first-order valence-corrected chi connectivity index (χ1v) is 6.98. The Balaban J connectivity index is 2.02. The number of thiocarbonyl (C=S) groups is 1. The van der Waals surface area contributed by atoms with Crippen LogP contribution in [0.5, 0.6) is 0 Å². The molecule has 0 aromatic carbocycles. The maximum atomic E-state index is 12.3. The van der Waals surface area contributed by atoms with Crippen LogP contribution in [0.1, 0.15) is 17.8 Å². The van der Waals surface area contributed by atoms with Crippen molar-refractivity contribution in [2.24, 2.45) is 11.1 Å². The topological polar surface area (TPSA) is 77.2 Å². The number of nitrogens with two attached hydrogens (primary N) is 1. The number of nitrogens with one attached hydrogen (secondary N) is 1. The summed E-state index contributed by atoms with van der Waals surface area (Å²) in [7, 11) is 0. The third-order valence-electron chi connectivity index (χ3n) is 3.14. The van der Waals surface area contributed by atoms with Gasteiger partial charge >= 0.3 is 0 Å². The number of aromatic nitrogens is 1. The summed E-state index contributed by atoms with van der Waals surface area (Å²) in [6, 6.07) is 0. The average Bonchev–Trinajstić information content (AvgIpc) is 2.89. The average molecular weight is 285 g/mol. The van der Waals surface area contributed by atoms with E-state index in [1.165, 1.54) is 11.3 Å². The lowest BCUT2D eigenvalue weighted by atomic mass is 9.79. The Kier molecular flexibility index (Phi) is 4.26. The van der Waals surface area contributed by atoms with Crippen LogP contribution in [0.15, 0.2) is 11.6 Å². The Morgan fingerprint density at radius 1 is 1.61 bits per heavy atom. The first kappa shape index (κ1) is 13.4. The van der Waals surface area contributed by atoms with E-state index in [0.29, 0.717) is 32.6 Å². The second-order valence-electron chi connectivity index (χ2n) is 4.17. The maximum absolute atomic E-state index is 12.3. The molecule has 1 amide bonds. The molecule has 2 heterocycles. The van der Waals surface area contributed by atoms with Gasteiger partial charge in [-0.3, -0.25) is 4.79 Å². The van der Waals surface area contributed by atoms with Crippen molar-refractivity contribution >= 4 is 34.5 Å². The van der Waals surface area contributed by atoms with E-state index in [-0.39, 0.29) is 10.9 Å². The largest absolute Gasteiger partial charge is 0.392 e. The number of hydrogen-bond acceptors (Lipinski definition) is 5. The van der Waals surface area contributed by atoms with Crippen LogP contribution in [0.4, 0.5) is 0 Å². The molecule has 98 valence electrons. The van der Waals surface area contributed by atoms with E-state index in [0.717, 1.165) is 5.01 Å². The van der Waals surface area contributed by atoms with Crippen molar-refractivity contribution in [3.8, 4) is 0 Å². The van der Waals surface area contributed by atoms with Crippen LogP contribution >= 0.6 is 23.6 Å². The molecule has 0 aliphatic carbocycles. The molecule has 0 unspecified atom stereocenters. The third-order valence-corrected chi connectivity index (χ3v) is 4.31. The molecule has 1 aliphatic heterocycles. The fraction of sp³-hybridized carbons (Fsp3) is 0.545. The van der Waals surface area contributed by atoms with E-state index < -0.39 is 5.41 Å². The number of nitrogens with zero attached hydrogens (tertiary/aromatic N) is 1. The van der Waals surface area contributed by atoms with E-state index in [2.05, 4.69) is 10.3 Å². The molecule has 1 aliphatic rings. The lowest BCUT2D eigenvalue weighted by molar-refractivity contribution is -0.131. The van der Waals surface area contributed by atoms with Gasteiger partial charge in [-0.05, 0) is 12.8 Å². The zero-order chi connectivity index (χ0) is 13.0. The molecule has 0 spiro atoms. The zero-order valence-electron chi connectivity index (χ0n) is 9.85. The highest BCUT2D eigenvalue weighted by molar-refractivity contribution is 7.80. The number of carbonyl (C=O) groups excluding carboxylic acids is 1.